The summed E-state index contributed by atoms with van der Waals surface area (Å²) < 4.78 is 1.28. The van der Waals surface area contributed by atoms with Crippen molar-refractivity contribution in [1.82, 2.24) is 5.43 Å². The second-order valence-electron chi connectivity index (χ2n) is 3.84. The molecule has 0 radical (unpaired) electrons. The van der Waals surface area contributed by atoms with Crippen LogP contribution in [0.3, 0.4) is 0 Å². The topological polar surface area (TPSA) is 38.0 Å². The molecule has 15 heavy (non-hydrogen) atoms. The predicted octanol–water partition coefficient (Wildman–Crippen LogP) is 2.86. The molecular weight excluding hydrogens is 299 g/mol. The summed E-state index contributed by atoms with van der Waals surface area (Å²) in [7, 11) is 0. The smallest absolute Gasteiger partial charge is 0.0250 e. The van der Waals surface area contributed by atoms with Crippen LogP contribution in [0.25, 0.3) is 0 Å². The Balaban J connectivity index is 2.47. The number of benzene rings is 1. The Morgan fingerprint density at radius 2 is 2.00 bits per heavy atom. The predicted molar refractivity (Wildman–Crippen MR) is 73.5 cm³/mol. The van der Waals surface area contributed by atoms with Crippen LogP contribution in [0.15, 0.2) is 24.3 Å². The highest BCUT2D eigenvalue weighted by Crippen LogP contribution is 2.11. The highest BCUT2D eigenvalue weighted by Gasteiger charge is 2.06. The molecule has 0 aromatic heterocycles. The number of hydrogen-bond acceptors (Lipinski definition) is 2. The summed E-state index contributed by atoms with van der Waals surface area (Å²) in [5.41, 5.74) is 4.25. The van der Waals surface area contributed by atoms with E-state index in [0.29, 0.717) is 6.04 Å². The molecule has 1 aromatic rings. The highest BCUT2D eigenvalue weighted by atomic mass is 127. The van der Waals surface area contributed by atoms with E-state index in [4.69, 9.17) is 5.84 Å². The van der Waals surface area contributed by atoms with Gasteiger partial charge in [0.25, 0.3) is 0 Å². The largest absolute Gasteiger partial charge is 0.271 e. The Hall–Kier alpha value is -0.130. The zero-order chi connectivity index (χ0) is 11.1. The molecule has 0 aliphatic heterocycles. The van der Waals surface area contributed by atoms with Gasteiger partial charge in [-0.15, -0.1) is 0 Å². The molecule has 3 N–H and O–H groups in total. The zero-order valence-corrected chi connectivity index (χ0v) is 11.3. The first-order valence-corrected chi connectivity index (χ1v) is 6.54. The summed E-state index contributed by atoms with van der Waals surface area (Å²) in [6, 6.07) is 9.05. The lowest BCUT2D eigenvalue weighted by molar-refractivity contribution is 0.473. The number of nitrogens with one attached hydrogen (secondary N) is 1. The van der Waals surface area contributed by atoms with Gasteiger partial charge in [0.2, 0.25) is 0 Å². The maximum Gasteiger partial charge on any atom is 0.0250 e. The van der Waals surface area contributed by atoms with Crippen molar-refractivity contribution in [2.75, 3.05) is 0 Å². The molecule has 0 heterocycles. The van der Waals surface area contributed by atoms with Crippen molar-refractivity contribution in [3.63, 3.8) is 0 Å². The van der Waals surface area contributed by atoms with Crippen LogP contribution in [0.5, 0.6) is 0 Å². The second kappa shape index (κ2) is 7.19. The van der Waals surface area contributed by atoms with Gasteiger partial charge in [-0.1, -0.05) is 31.9 Å². The van der Waals surface area contributed by atoms with E-state index >= 15 is 0 Å². The minimum absolute atomic E-state index is 0.407. The van der Waals surface area contributed by atoms with Crippen molar-refractivity contribution in [2.24, 2.45) is 5.84 Å². The quantitative estimate of drug-likeness (QED) is 0.481. The van der Waals surface area contributed by atoms with E-state index in [0.717, 1.165) is 12.8 Å². The van der Waals surface area contributed by atoms with Crippen molar-refractivity contribution >= 4 is 22.6 Å². The van der Waals surface area contributed by atoms with Gasteiger partial charge in [-0.2, -0.15) is 0 Å². The maximum atomic E-state index is 5.54. The average molecular weight is 318 g/mol. The molecular formula is C12H19IN2. The van der Waals surface area contributed by atoms with Crippen molar-refractivity contribution in [2.45, 2.75) is 38.6 Å². The highest BCUT2D eigenvalue weighted by molar-refractivity contribution is 14.1. The molecule has 0 aliphatic rings. The molecule has 1 atom stereocenters. The normalized spacial score (nSPS) is 12.7. The van der Waals surface area contributed by atoms with Gasteiger partial charge in [-0.05, 0) is 53.1 Å². The molecule has 3 heteroatoms. The van der Waals surface area contributed by atoms with E-state index in [1.807, 2.05) is 0 Å². The summed E-state index contributed by atoms with van der Waals surface area (Å²) in [6.07, 6.45) is 4.64. The van der Waals surface area contributed by atoms with Crippen molar-refractivity contribution in [3.05, 3.63) is 33.4 Å². The Bertz CT molecular complexity index is 271. The van der Waals surface area contributed by atoms with Crippen LogP contribution < -0.4 is 11.3 Å². The lowest BCUT2D eigenvalue weighted by Gasteiger charge is -2.15. The minimum atomic E-state index is 0.407. The van der Waals surface area contributed by atoms with Gasteiger partial charge in [0, 0.05) is 9.61 Å². The van der Waals surface area contributed by atoms with E-state index in [2.05, 4.69) is 59.2 Å². The molecule has 84 valence electrons. The second-order valence-corrected chi connectivity index (χ2v) is 5.08. The molecule has 0 aliphatic carbocycles. The summed E-state index contributed by atoms with van der Waals surface area (Å²) in [5, 5.41) is 0. The molecule has 1 rings (SSSR count). The fourth-order valence-electron chi connectivity index (χ4n) is 1.60. The van der Waals surface area contributed by atoms with Crippen LogP contribution in [0.1, 0.15) is 31.7 Å². The third-order valence-electron chi connectivity index (χ3n) is 2.54. The van der Waals surface area contributed by atoms with E-state index in [-0.39, 0.29) is 0 Å². The molecule has 0 spiro atoms. The maximum absolute atomic E-state index is 5.54. The zero-order valence-electron chi connectivity index (χ0n) is 9.17. The molecule has 0 bridgehead atoms. The number of rotatable bonds is 6. The van der Waals surface area contributed by atoms with E-state index in [9.17, 15) is 0 Å². The van der Waals surface area contributed by atoms with Crippen LogP contribution in [0.4, 0.5) is 0 Å². The van der Waals surface area contributed by atoms with Gasteiger partial charge >= 0.3 is 0 Å². The van der Waals surface area contributed by atoms with Gasteiger partial charge in [0.1, 0.15) is 0 Å². The minimum Gasteiger partial charge on any atom is -0.271 e. The number of nitrogens with two attached hydrogens (primary N) is 1. The number of unbranched alkanes of at least 4 members (excludes halogenated alkanes) is 1. The van der Waals surface area contributed by atoms with Crippen LogP contribution in [-0.2, 0) is 6.42 Å². The van der Waals surface area contributed by atoms with Gasteiger partial charge < -0.3 is 0 Å². The number of hydrogen-bond donors (Lipinski definition) is 2. The Labute approximate surface area is 106 Å². The molecule has 0 fully saturated rings. The standard InChI is InChI=1S/C12H19IN2/c1-2-3-4-12(15-14)9-10-5-7-11(13)8-6-10/h5-8,12,15H,2-4,9,14H2,1H3. The van der Waals surface area contributed by atoms with E-state index in [1.54, 1.807) is 0 Å². The Kier molecular flexibility index (Phi) is 6.20. The number of halogens is 1. The molecule has 2 nitrogen and oxygen atoms in total. The van der Waals surface area contributed by atoms with Crippen LogP contribution >= 0.6 is 22.6 Å². The SMILES string of the molecule is CCCCC(Cc1ccc(I)cc1)NN. The first-order valence-electron chi connectivity index (χ1n) is 5.46. The van der Waals surface area contributed by atoms with Gasteiger partial charge in [-0.25, -0.2) is 0 Å². The monoisotopic (exact) mass is 318 g/mol. The fourth-order valence-corrected chi connectivity index (χ4v) is 1.96. The first kappa shape index (κ1) is 12.9. The average Bonchev–Trinajstić information content (AvgIpc) is 2.27. The van der Waals surface area contributed by atoms with Crippen LogP contribution in [0, 0.1) is 3.57 Å². The summed E-state index contributed by atoms with van der Waals surface area (Å²) in [4.78, 5) is 0. The van der Waals surface area contributed by atoms with E-state index in [1.165, 1.54) is 22.0 Å². The first-order chi connectivity index (χ1) is 7.26. The van der Waals surface area contributed by atoms with Crippen molar-refractivity contribution < 1.29 is 0 Å². The van der Waals surface area contributed by atoms with Gasteiger partial charge in [0.05, 0.1) is 0 Å². The number of hydrazine groups is 1. The fraction of sp³-hybridized carbons (Fsp3) is 0.500. The third-order valence-corrected chi connectivity index (χ3v) is 3.26. The molecule has 0 saturated heterocycles. The third kappa shape index (κ3) is 4.95. The summed E-state index contributed by atoms with van der Waals surface area (Å²) in [5.74, 6) is 5.54. The van der Waals surface area contributed by atoms with Gasteiger partial charge in [-0.3, -0.25) is 11.3 Å². The Morgan fingerprint density at radius 1 is 1.33 bits per heavy atom. The Morgan fingerprint density at radius 3 is 2.53 bits per heavy atom. The van der Waals surface area contributed by atoms with Crippen molar-refractivity contribution in [3.8, 4) is 0 Å². The molecule has 0 saturated carbocycles. The lowest BCUT2D eigenvalue weighted by Crippen LogP contribution is -2.36. The lowest BCUT2D eigenvalue weighted by atomic mass is 10.0. The summed E-state index contributed by atoms with van der Waals surface area (Å²) >= 11 is 2.32. The van der Waals surface area contributed by atoms with Crippen LogP contribution in [-0.4, -0.2) is 6.04 Å². The molecule has 1 aromatic carbocycles. The van der Waals surface area contributed by atoms with Crippen molar-refractivity contribution in [1.29, 1.82) is 0 Å². The molecule has 0 amide bonds. The van der Waals surface area contributed by atoms with E-state index < -0.39 is 0 Å². The van der Waals surface area contributed by atoms with Crippen LogP contribution in [0.2, 0.25) is 0 Å². The van der Waals surface area contributed by atoms with Gasteiger partial charge in [0.15, 0.2) is 0 Å². The summed E-state index contributed by atoms with van der Waals surface area (Å²) in [6.45, 7) is 2.21. The molecule has 1 unspecified atom stereocenters.